The third-order valence-corrected chi connectivity index (χ3v) is 8.93. The van der Waals surface area contributed by atoms with Crippen molar-refractivity contribution in [2.45, 2.75) is 26.7 Å². The topological polar surface area (TPSA) is 25.8 Å². The smallest absolute Gasteiger partial charge is 0.0790 e. The molecule has 0 bridgehead atoms. The molecule has 2 nitrogen and oxygen atoms in total. The molecule has 0 aliphatic carbocycles. The van der Waals surface area contributed by atoms with Crippen LogP contribution < -0.4 is 0 Å². The van der Waals surface area contributed by atoms with Crippen molar-refractivity contribution in [1.29, 1.82) is 0 Å². The second-order valence-corrected chi connectivity index (χ2v) is 11.8. The second-order valence-electron chi connectivity index (χ2n) is 11.8. The first-order chi connectivity index (χ1) is 23.8. The number of benzene rings is 6. The van der Waals surface area contributed by atoms with Crippen LogP contribution in [0.3, 0.4) is 0 Å². The molecule has 0 saturated carbocycles. The third-order valence-electron chi connectivity index (χ3n) is 8.93. The molecule has 2 aromatic heterocycles. The number of para-hydroxylation sites is 2. The van der Waals surface area contributed by atoms with E-state index < -0.39 is 0 Å². The Morgan fingerprint density at radius 3 is 0.958 bits per heavy atom. The van der Waals surface area contributed by atoms with Gasteiger partial charge in [0, 0.05) is 33.0 Å². The summed E-state index contributed by atoms with van der Waals surface area (Å²) < 4.78 is 0. The van der Waals surface area contributed by atoms with Crippen molar-refractivity contribution in [3.63, 3.8) is 0 Å². The van der Waals surface area contributed by atoms with Crippen LogP contribution in [-0.2, 0) is 12.8 Å². The van der Waals surface area contributed by atoms with Gasteiger partial charge in [-0.25, -0.2) is 9.97 Å². The van der Waals surface area contributed by atoms with Gasteiger partial charge in [-0.3, -0.25) is 0 Å². The molecule has 0 amide bonds. The number of hydrogen-bond donors (Lipinski definition) is 0. The predicted molar refractivity (Wildman–Crippen MR) is 204 cm³/mol. The highest BCUT2D eigenvalue weighted by atomic mass is 14.7. The van der Waals surface area contributed by atoms with Gasteiger partial charge in [-0.1, -0.05) is 172 Å². The summed E-state index contributed by atoms with van der Waals surface area (Å²) in [6, 6.07) is 59.1. The van der Waals surface area contributed by atoms with Gasteiger partial charge in [-0.15, -0.1) is 0 Å². The first kappa shape index (κ1) is 30.8. The molecule has 8 rings (SSSR count). The zero-order valence-electron chi connectivity index (χ0n) is 27.5. The van der Waals surface area contributed by atoms with Crippen molar-refractivity contribution in [3.8, 4) is 44.8 Å². The summed E-state index contributed by atoms with van der Waals surface area (Å²) in [7, 11) is 0. The van der Waals surface area contributed by atoms with Crippen LogP contribution in [0.15, 0.2) is 170 Å². The molecule has 48 heavy (non-hydrogen) atoms. The minimum atomic E-state index is 0.979. The van der Waals surface area contributed by atoms with Gasteiger partial charge < -0.3 is 0 Å². The fourth-order valence-electron chi connectivity index (χ4n) is 6.74. The van der Waals surface area contributed by atoms with Crippen LogP contribution >= 0.6 is 0 Å². The van der Waals surface area contributed by atoms with Gasteiger partial charge in [0.05, 0.1) is 22.4 Å². The van der Waals surface area contributed by atoms with Crippen LogP contribution in [0, 0.1) is 0 Å². The van der Waals surface area contributed by atoms with Gasteiger partial charge in [0.15, 0.2) is 0 Å². The van der Waals surface area contributed by atoms with E-state index in [4.69, 9.17) is 9.97 Å². The van der Waals surface area contributed by atoms with Crippen molar-refractivity contribution < 1.29 is 0 Å². The molecule has 0 aliphatic rings. The lowest BCUT2D eigenvalue weighted by Crippen LogP contribution is -1.98. The Labute approximate surface area is 283 Å². The number of aryl methyl sites for hydroxylation is 2. The molecule has 8 aromatic rings. The summed E-state index contributed by atoms with van der Waals surface area (Å²) >= 11 is 0. The molecule has 0 aliphatic heterocycles. The SMILES string of the molecule is CCc1c(-c2ccccc2)c(-c2ccccc2)nc2ccccc12.CCc1c(-c2ccccc2)c(-c2ccccc2)nc2ccccc12. The number of hydrogen-bond acceptors (Lipinski definition) is 2. The van der Waals surface area contributed by atoms with E-state index in [2.05, 4.69) is 172 Å². The lowest BCUT2D eigenvalue weighted by Gasteiger charge is -2.17. The highest BCUT2D eigenvalue weighted by Crippen LogP contribution is 2.39. The zero-order valence-corrected chi connectivity index (χ0v) is 27.5. The molecule has 2 heteroatoms. The molecule has 6 aromatic carbocycles. The standard InChI is InChI=1S/2C23H19N/c2*1-2-19-20-15-9-10-16-21(20)24-23(18-13-7-4-8-14-18)22(19)17-11-5-3-6-12-17/h2*3-16H,2H2,1H3. The van der Waals surface area contributed by atoms with Gasteiger partial charge in [0.2, 0.25) is 0 Å². The van der Waals surface area contributed by atoms with Crippen molar-refractivity contribution in [2.75, 3.05) is 0 Å². The van der Waals surface area contributed by atoms with E-state index in [9.17, 15) is 0 Å². The van der Waals surface area contributed by atoms with Crippen LogP contribution in [0.2, 0.25) is 0 Å². The maximum Gasteiger partial charge on any atom is 0.0790 e. The Kier molecular flexibility index (Phi) is 9.15. The molecule has 2 heterocycles. The minimum Gasteiger partial charge on any atom is -0.247 e. The second kappa shape index (κ2) is 14.3. The van der Waals surface area contributed by atoms with Gasteiger partial charge in [-0.2, -0.15) is 0 Å². The monoisotopic (exact) mass is 618 g/mol. The first-order valence-corrected chi connectivity index (χ1v) is 16.8. The maximum absolute atomic E-state index is 5.03. The highest BCUT2D eigenvalue weighted by molar-refractivity contribution is 5.97. The Balaban J connectivity index is 0.000000152. The Morgan fingerprint density at radius 2 is 0.625 bits per heavy atom. The molecular formula is C46H38N2. The van der Waals surface area contributed by atoms with E-state index in [0.717, 1.165) is 46.4 Å². The fourth-order valence-corrected chi connectivity index (χ4v) is 6.74. The molecule has 0 spiro atoms. The van der Waals surface area contributed by atoms with Gasteiger partial charge in [0.25, 0.3) is 0 Å². The fraction of sp³-hybridized carbons (Fsp3) is 0.0870. The quantitative estimate of drug-likeness (QED) is 0.185. The van der Waals surface area contributed by atoms with Gasteiger partial charge >= 0.3 is 0 Å². The lowest BCUT2D eigenvalue weighted by atomic mass is 9.90. The van der Waals surface area contributed by atoms with Crippen LogP contribution in [0.5, 0.6) is 0 Å². The van der Waals surface area contributed by atoms with Crippen LogP contribution in [0.1, 0.15) is 25.0 Å². The van der Waals surface area contributed by atoms with E-state index in [1.807, 2.05) is 12.1 Å². The van der Waals surface area contributed by atoms with Crippen molar-refractivity contribution in [3.05, 3.63) is 181 Å². The summed E-state index contributed by atoms with van der Waals surface area (Å²) in [4.78, 5) is 10.1. The maximum atomic E-state index is 5.03. The van der Waals surface area contributed by atoms with Crippen LogP contribution in [-0.4, -0.2) is 9.97 Å². The summed E-state index contributed by atoms with van der Waals surface area (Å²) in [5.74, 6) is 0. The Bertz CT molecular complexity index is 2110. The van der Waals surface area contributed by atoms with Crippen LogP contribution in [0.25, 0.3) is 66.6 Å². The number of pyridine rings is 2. The van der Waals surface area contributed by atoms with E-state index in [-0.39, 0.29) is 0 Å². The third kappa shape index (κ3) is 6.13. The summed E-state index contributed by atoms with van der Waals surface area (Å²) in [6.45, 7) is 4.45. The number of nitrogens with zero attached hydrogens (tertiary/aromatic N) is 2. The highest BCUT2D eigenvalue weighted by Gasteiger charge is 2.18. The van der Waals surface area contributed by atoms with Gasteiger partial charge in [-0.05, 0) is 47.2 Å². The van der Waals surface area contributed by atoms with Crippen molar-refractivity contribution >= 4 is 21.8 Å². The van der Waals surface area contributed by atoms with Crippen molar-refractivity contribution in [2.24, 2.45) is 0 Å². The predicted octanol–water partition coefficient (Wildman–Crippen LogP) is 12.3. The molecular weight excluding hydrogens is 581 g/mol. The molecule has 0 unspecified atom stereocenters. The average molecular weight is 619 g/mol. The molecule has 0 N–H and O–H groups in total. The molecule has 0 saturated heterocycles. The zero-order chi connectivity index (χ0) is 32.7. The largest absolute Gasteiger partial charge is 0.247 e. The first-order valence-electron chi connectivity index (χ1n) is 16.8. The number of fused-ring (bicyclic) bond motifs is 2. The number of aromatic nitrogens is 2. The summed E-state index contributed by atoms with van der Waals surface area (Å²) in [5, 5.41) is 2.50. The average Bonchev–Trinajstić information content (AvgIpc) is 3.18. The minimum absolute atomic E-state index is 0.979. The lowest BCUT2D eigenvalue weighted by molar-refractivity contribution is 1.15. The Morgan fingerprint density at radius 1 is 0.333 bits per heavy atom. The van der Waals surface area contributed by atoms with Crippen LogP contribution in [0.4, 0.5) is 0 Å². The summed E-state index contributed by atoms with van der Waals surface area (Å²) in [5.41, 5.74) is 14.3. The van der Waals surface area contributed by atoms with E-state index >= 15 is 0 Å². The molecule has 0 radical (unpaired) electrons. The molecule has 232 valence electrons. The Hall–Kier alpha value is -5.86. The molecule has 0 fully saturated rings. The normalized spacial score (nSPS) is 10.9. The van der Waals surface area contributed by atoms with E-state index in [0.29, 0.717) is 0 Å². The number of rotatable bonds is 6. The molecule has 0 atom stereocenters. The van der Waals surface area contributed by atoms with E-state index in [1.165, 1.54) is 44.2 Å². The van der Waals surface area contributed by atoms with Gasteiger partial charge in [0.1, 0.15) is 0 Å². The van der Waals surface area contributed by atoms with E-state index in [1.54, 1.807) is 0 Å². The van der Waals surface area contributed by atoms with Crippen molar-refractivity contribution in [1.82, 2.24) is 9.97 Å². The summed E-state index contributed by atoms with van der Waals surface area (Å²) in [6.07, 6.45) is 1.96.